The van der Waals surface area contributed by atoms with Gasteiger partial charge in [-0.05, 0) is 12.3 Å². The van der Waals surface area contributed by atoms with Crippen LogP contribution < -0.4 is 0 Å². The third-order valence-corrected chi connectivity index (χ3v) is 3.85. The Kier molecular flexibility index (Phi) is 5.70. The van der Waals surface area contributed by atoms with Crippen molar-refractivity contribution in [2.24, 2.45) is 5.92 Å². The van der Waals surface area contributed by atoms with Crippen molar-refractivity contribution in [3.8, 4) is 0 Å². The molecule has 10 nitrogen and oxygen atoms in total. The summed E-state index contributed by atoms with van der Waals surface area (Å²) in [5, 5.41) is 27.8. The van der Waals surface area contributed by atoms with E-state index in [-0.39, 0.29) is 6.54 Å². The first-order valence-corrected chi connectivity index (χ1v) is 8.54. The van der Waals surface area contributed by atoms with E-state index in [9.17, 15) is 18.6 Å². The summed E-state index contributed by atoms with van der Waals surface area (Å²) >= 11 is 0. The van der Waals surface area contributed by atoms with Gasteiger partial charge in [-0.3, -0.25) is 4.55 Å². The molecule has 0 spiro atoms. The van der Waals surface area contributed by atoms with Gasteiger partial charge in [-0.25, -0.2) is 8.86 Å². The van der Waals surface area contributed by atoms with Gasteiger partial charge in [-0.2, -0.15) is 8.42 Å². The molecule has 23 heavy (non-hydrogen) atoms. The normalized spacial score (nSPS) is 28.6. The van der Waals surface area contributed by atoms with E-state index in [1.807, 2.05) is 0 Å². The zero-order valence-electron chi connectivity index (χ0n) is 12.8. The quantitative estimate of drug-likeness (QED) is 0.515. The summed E-state index contributed by atoms with van der Waals surface area (Å²) < 4.78 is 40.7. The maximum atomic E-state index is 10.6. The monoisotopic (exact) mass is 351 g/mol. The van der Waals surface area contributed by atoms with E-state index in [1.54, 1.807) is 6.20 Å². The highest BCUT2D eigenvalue weighted by Crippen LogP contribution is 2.23. The summed E-state index contributed by atoms with van der Waals surface area (Å²) in [7, 11) is -4.64. The molecule has 2 heterocycles. The van der Waals surface area contributed by atoms with Gasteiger partial charge in [0, 0.05) is 6.20 Å². The highest BCUT2D eigenvalue weighted by atomic mass is 32.3. The van der Waals surface area contributed by atoms with Crippen LogP contribution in [0, 0.1) is 5.92 Å². The summed E-state index contributed by atoms with van der Waals surface area (Å²) in [5.41, 5.74) is 0.805. The Bertz CT molecular complexity index is 618. The minimum Gasteiger partial charge on any atom is -0.388 e. The van der Waals surface area contributed by atoms with E-state index >= 15 is 0 Å². The van der Waals surface area contributed by atoms with Crippen molar-refractivity contribution in [3.63, 3.8) is 0 Å². The highest BCUT2D eigenvalue weighted by molar-refractivity contribution is 7.80. The van der Waals surface area contributed by atoms with Crippen LogP contribution in [0.2, 0.25) is 0 Å². The van der Waals surface area contributed by atoms with Gasteiger partial charge >= 0.3 is 10.4 Å². The van der Waals surface area contributed by atoms with E-state index in [0.717, 1.165) is 12.1 Å². The summed E-state index contributed by atoms with van der Waals surface area (Å²) in [4.78, 5) is 0. The molecule has 132 valence electrons. The molecule has 0 unspecified atom stereocenters. The third-order valence-electron chi connectivity index (χ3n) is 3.41. The second-order valence-electron chi connectivity index (χ2n) is 5.94. The molecular formula is C12H21N3O7S. The number of nitrogens with zero attached hydrogens (tertiary/aromatic N) is 3. The molecule has 1 saturated heterocycles. The van der Waals surface area contributed by atoms with Crippen LogP contribution in [0.5, 0.6) is 0 Å². The summed E-state index contributed by atoms with van der Waals surface area (Å²) in [6.07, 6.45) is -1.95. The van der Waals surface area contributed by atoms with Crippen LogP contribution in [-0.4, -0.2) is 69.2 Å². The standard InChI is InChI=1S/C12H21N3O7S/c1-7(2)3-8-4-15(14-13-8)5-9-11(16)12(17)10(22-9)6-21-23(18,19)20/h4,7,9-12,16-17H,3,5-6H2,1-2H3,(H,18,19,20)/t9-,10+,11+,12+/m0/s1. The smallest absolute Gasteiger partial charge is 0.388 e. The van der Waals surface area contributed by atoms with Crippen molar-refractivity contribution in [2.75, 3.05) is 6.61 Å². The molecule has 0 bridgehead atoms. The largest absolute Gasteiger partial charge is 0.397 e. The van der Waals surface area contributed by atoms with Crippen molar-refractivity contribution in [1.82, 2.24) is 15.0 Å². The molecular weight excluding hydrogens is 330 g/mol. The lowest BCUT2D eigenvalue weighted by Crippen LogP contribution is -2.35. The minimum atomic E-state index is -4.64. The van der Waals surface area contributed by atoms with Gasteiger partial charge in [0.1, 0.15) is 24.4 Å². The second kappa shape index (κ2) is 7.20. The van der Waals surface area contributed by atoms with E-state index in [0.29, 0.717) is 5.92 Å². The number of hydrogen-bond acceptors (Lipinski definition) is 8. The first kappa shape index (κ1) is 18.2. The van der Waals surface area contributed by atoms with Crippen molar-refractivity contribution in [1.29, 1.82) is 0 Å². The number of aliphatic hydroxyl groups excluding tert-OH is 2. The molecule has 1 aliphatic heterocycles. The number of ether oxygens (including phenoxy) is 1. The topological polar surface area (TPSA) is 144 Å². The van der Waals surface area contributed by atoms with Crippen LogP contribution in [-0.2, 0) is 32.3 Å². The third kappa shape index (κ3) is 5.19. The number of rotatable bonds is 7. The molecule has 1 aromatic rings. The van der Waals surface area contributed by atoms with Gasteiger partial charge in [0.15, 0.2) is 0 Å². The van der Waals surface area contributed by atoms with Gasteiger partial charge < -0.3 is 14.9 Å². The van der Waals surface area contributed by atoms with Crippen LogP contribution in [0.15, 0.2) is 6.20 Å². The molecule has 4 atom stereocenters. The maximum absolute atomic E-state index is 10.6. The lowest BCUT2D eigenvalue weighted by molar-refractivity contribution is -0.0230. The summed E-state index contributed by atoms with van der Waals surface area (Å²) in [5.74, 6) is 0.428. The molecule has 1 aromatic heterocycles. The fraction of sp³-hybridized carbons (Fsp3) is 0.833. The average Bonchev–Trinajstić information content (AvgIpc) is 2.95. The zero-order valence-corrected chi connectivity index (χ0v) is 13.6. The Morgan fingerprint density at radius 3 is 2.61 bits per heavy atom. The maximum Gasteiger partial charge on any atom is 0.397 e. The predicted octanol–water partition coefficient (Wildman–Crippen LogP) is -1.21. The van der Waals surface area contributed by atoms with Gasteiger partial charge in [-0.1, -0.05) is 19.1 Å². The number of aliphatic hydroxyl groups is 2. The molecule has 0 saturated carbocycles. The lowest BCUT2D eigenvalue weighted by atomic mass is 10.1. The van der Waals surface area contributed by atoms with Crippen molar-refractivity contribution >= 4 is 10.4 Å². The number of aromatic nitrogens is 3. The molecule has 11 heteroatoms. The first-order chi connectivity index (χ1) is 10.7. The molecule has 0 radical (unpaired) electrons. The lowest BCUT2D eigenvalue weighted by Gasteiger charge is -2.13. The Balaban J connectivity index is 1.94. The Morgan fingerprint density at radius 1 is 1.35 bits per heavy atom. The van der Waals surface area contributed by atoms with E-state index in [2.05, 4.69) is 28.3 Å². The van der Waals surface area contributed by atoms with Crippen LogP contribution in [0.1, 0.15) is 19.5 Å². The van der Waals surface area contributed by atoms with Crippen LogP contribution in [0.4, 0.5) is 0 Å². The molecule has 1 aliphatic rings. The van der Waals surface area contributed by atoms with Crippen molar-refractivity contribution in [3.05, 3.63) is 11.9 Å². The van der Waals surface area contributed by atoms with E-state index < -0.39 is 41.4 Å². The van der Waals surface area contributed by atoms with Gasteiger partial charge in [0.2, 0.25) is 0 Å². The fourth-order valence-electron chi connectivity index (χ4n) is 2.39. The van der Waals surface area contributed by atoms with Crippen molar-refractivity contribution < 1.29 is 32.1 Å². The van der Waals surface area contributed by atoms with Gasteiger partial charge in [-0.15, -0.1) is 5.10 Å². The number of hydrogen-bond donors (Lipinski definition) is 3. The predicted molar refractivity (Wildman–Crippen MR) is 76.7 cm³/mol. The van der Waals surface area contributed by atoms with Crippen LogP contribution >= 0.6 is 0 Å². The molecule has 1 fully saturated rings. The summed E-state index contributed by atoms with van der Waals surface area (Å²) in [6, 6.07) is 0. The fourth-order valence-corrected chi connectivity index (χ4v) is 2.70. The molecule has 0 aliphatic carbocycles. The molecule has 0 amide bonds. The molecule has 2 rings (SSSR count). The van der Waals surface area contributed by atoms with Crippen LogP contribution in [0.25, 0.3) is 0 Å². The van der Waals surface area contributed by atoms with Gasteiger partial charge in [0.25, 0.3) is 0 Å². The van der Waals surface area contributed by atoms with Crippen LogP contribution in [0.3, 0.4) is 0 Å². The second-order valence-corrected chi connectivity index (χ2v) is 7.03. The Morgan fingerprint density at radius 2 is 2.00 bits per heavy atom. The zero-order chi connectivity index (χ0) is 17.2. The first-order valence-electron chi connectivity index (χ1n) is 7.18. The van der Waals surface area contributed by atoms with Crippen molar-refractivity contribution in [2.45, 2.75) is 51.2 Å². The van der Waals surface area contributed by atoms with Gasteiger partial charge in [0.05, 0.1) is 18.8 Å². The highest BCUT2D eigenvalue weighted by Gasteiger charge is 2.43. The van der Waals surface area contributed by atoms with E-state index in [1.165, 1.54) is 4.68 Å². The average molecular weight is 351 g/mol. The Hall–Kier alpha value is -1.11. The molecule has 3 N–H and O–H groups in total. The molecule has 0 aromatic carbocycles. The minimum absolute atomic E-state index is 0.145. The SMILES string of the molecule is CC(C)Cc1cn(C[C@@H]2O[C@H](COS(=O)(=O)O)[C@@H](O)[C@@H]2O)nn1. The van der Waals surface area contributed by atoms with E-state index in [4.69, 9.17) is 9.29 Å². The Labute approximate surface area is 134 Å². The summed E-state index contributed by atoms with van der Waals surface area (Å²) in [6.45, 7) is 3.66.